The van der Waals surface area contributed by atoms with Gasteiger partial charge in [0.15, 0.2) is 0 Å². The van der Waals surface area contributed by atoms with Crippen molar-refractivity contribution in [1.29, 1.82) is 0 Å². The minimum atomic E-state index is -0.0639. The maximum Gasteiger partial charge on any atom is 0.240 e. The van der Waals surface area contributed by atoms with E-state index >= 15 is 0 Å². The lowest BCUT2D eigenvalue weighted by Crippen LogP contribution is -2.40. The molecule has 0 aromatic heterocycles. The minimum Gasteiger partial charge on any atom is -0.356 e. The van der Waals surface area contributed by atoms with E-state index < -0.39 is 0 Å². The van der Waals surface area contributed by atoms with E-state index in [4.69, 9.17) is 0 Å². The number of benzene rings is 1. The maximum absolute atomic E-state index is 12.7. The zero-order chi connectivity index (χ0) is 16.1. The topological polar surface area (TPSA) is 49.4 Å². The van der Waals surface area contributed by atoms with E-state index in [1.54, 1.807) is 11.8 Å². The van der Waals surface area contributed by atoms with Gasteiger partial charge >= 0.3 is 0 Å². The first-order valence-corrected chi connectivity index (χ1v) is 8.82. The minimum absolute atomic E-state index is 0.00313. The van der Waals surface area contributed by atoms with Gasteiger partial charge in [-0.1, -0.05) is 18.2 Å². The Morgan fingerprint density at radius 1 is 1.41 bits per heavy atom. The predicted octanol–water partition coefficient (Wildman–Crippen LogP) is 2.61. The second-order valence-electron chi connectivity index (χ2n) is 5.74. The molecule has 5 heteroatoms. The van der Waals surface area contributed by atoms with Crippen molar-refractivity contribution in [3.63, 3.8) is 0 Å². The van der Waals surface area contributed by atoms with Gasteiger partial charge in [-0.3, -0.25) is 9.59 Å². The van der Waals surface area contributed by atoms with Crippen LogP contribution in [0, 0.1) is 0 Å². The van der Waals surface area contributed by atoms with E-state index in [1.807, 2.05) is 30.0 Å². The quantitative estimate of drug-likeness (QED) is 0.820. The van der Waals surface area contributed by atoms with Crippen molar-refractivity contribution in [2.24, 2.45) is 0 Å². The molecule has 1 heterocycles. The lowest BCUT2D eigenvalue weighted by Gasteiger charge is -2.25. The Hall–Kier alpha value is -1.49. The van der Waals surface area contributed by atoms with Gasteiger partial charge in [0, 0.05) is 25.2 Å². The van der Waals surface area contributed by atoms with Crippen LogP contribution in [-0.2, 0) is 16.0 Å². The highest BCUT2D eigenvalue weighted by atomic mass is 32.2. The van der Waals surface area contributed by atoms with Gasteiger partial charge in [-0.15, -0.1) is 11.8 Å². The lowest BCUT2D eigenvalue weighted by molar-refractivity contribution is -0.119. The Morgan fingerprint density at radius 3 is 2.86 bits per heavy atom. The number of fused-ring (bicyclic) bond motifs is 1. The molecule has 0 bridgehead atoms. The Bertz CT molecular complexity index is 547. The molecular weight excluding hydrogens is 296 g/mol. The molecule has 2 atom stereocenters. The lowest BCUT2D eigenvalue weighted by atomic mass is 10.1. The number of amides is 2. The zero-order valence-electron chi connectivity index (χ0n) is 13.5. The van der Waals surface area contributed by atoms with Crippen LogP contribution >= 0.6 is 11.8 Å². The molecule has 0 saturated carbocycles. The molecule has 1 aliphatic rings. The number of thioether (sulfide) groups is 1. The van der Waals surface area contributed by atoms with Gasteiger partial charge in [0.2, 0.25) is 11.8 Å². The van der Waals surface area contributed by atoms with Crippen molar-refractivity contribution in [2.75, 3.05) is 17.2 Å². The summed E-state index contributed by atoms with van der Waals surface area (Å²) in [6.45, 7) is 6.27. The number of carbonyl (C=O) groups is 2. The summed E-state index contributed by atoms with van der Waals surface area (Å²) in [5.41, 5.74) is 2.32. The molecular formula is C17H24N2O2S. The maximum atomic E-state index is 12.7. The highest BCUT2D eigenvalue weighted by molar-refractivity contribution is 8.00. The van der Waals surface area contributed by atoms with E-state index in [2.05, 4.69) is 18.3 Å². The molecule has 22 heavy (non-hydrogen) atoms. The zero-order valence-corrected chi connectivity index (χ0v) is 14.3. The van der Waals surface area contributed by atoms with Crippen LogP contribution in [0.25, 0.3) is 0 Å². The highest BCUT2D eigenvalue weighted by Crippen LogP contribution is 2.33. The summed E-state index contributed by atoms with van der Waals surface area (Å²) in [5.74, 6) is 1.05. The van der Waals surface area contributed by atoms with E-state index in [1.165, 1.54) is 12.5 Å². The SMILES string of the molecule is CC(=O)NCCCSC(C)C(=O)N1c2ccccc2CC1C. The normalized spacial score (nSPS) is 18.0. The van der Waals surface area contributed by atoms with E-state index in [0.717, 1.165) is 24.3 Å². The van der Waals surface area contributed by atoms with Gasteiger partial charge < -0.3 is 10.2 Å². The fourth-order valence-electron chi connectivity index (χ4n) is 2.77. The van der Waals surface area contributed by atoms with Crippen molar-refractivity contribution in [1.82, 2.24) is 5.32 Å². The Morgan fingerprint density at radius 2 is 2.14 bits per heavy atom. The number of carbonyl (C=O) groups excluding carboxylic acids is 2. The van der Waals surface area contributed by atoms with Gasteiger partial charge in [-0.2, -0.15) is 0 Å². The number of rotatable bonds is 6. The van der Waals surface area contributed by atoms with Crippen molar-refractivity contribution in [3.8, 4) is 0 Å². The molecule has 1 N–H and O–H groups in total. The molecule has 0 aliphatic carbocycles. The van der Waals surface area contributed by atoms with Crippen LogP contribution in [0.5, 0.6) is 0 Å². The average Bonchev–Trinajstić information content (AvgIpc) is 2.81. The first-order valence-electron chi connectivity index (χ1n) is 7.77. The van der Waals surface area contributed by atoms with Crippen molar-refractivity contribution in [2.45, 2.75) is 44.9 Å². The van der Waals surface area contributed by atoms with E-state index in [0.29, 0.717) is 6.54 Å². The molecule has 1 aliphatic heterocycles. The Kier molecular flexibility index (Phi) is 5.89. The molecule has 1 aromatic rings. The molecule has 1 aromatic carbocycles. The largest absolute Gasteiger partial charge is 0.356 e. The third kappa shape index (κ3) is 4.03. The summed E-state index contributed by atoms with van der Waals surface area (Å²) >= 11 is 1.66. The molecule has 0 radical (unpaired) electrons. The summed E-state index contributed by atoms with van der Waals surface area (Å²) in [6.07, 6.45) is 1.82. The van der Waals surface area contributed by atoms with Crippen LogP contribution < -0.4 is 10.2 Å². The van der Waals surface area contributed by atoms with Gasteiger partial charge in [-0.25, -0.2) is 0 Å². The predicted molar refractivity (Wildman–Crippen MR) is 92.3 cm³/mol. The first-order chi connectivity index (χ1) is 10.5. The van der Waals surface area contributed by atoms with Crippen LogP contribution in [0.15, 0.2) is 24.3 Å². The van der Waals surface area contributed by atoms with Crippen LogP contribution in [0.3, 0.4) is 0 Å². The van der Waals surface area contributed by atoms with Crippen molar-refractivity contribution < 1.29 is 9.59 Å². The molecule has 2 unspecified atom stereocenters. The highest BCUT2D eigenvalue weighted by Gasteiger charge is 2.32. The van der Waals surface area contributed by atoms with Crippen molar-refractivity contribution in [3.05, 3.63) is 29.8 Å². The van der Waals surface area contributed by atoms with Crippen LogP contribution in [-0.4, -0.2) is 35.4 Å². The monoisotopic (exact) mass is 320 g/mol. The second-order valence-corrected chi connectivity index (χ2v) is 7.19. The molecule has 2 amide bonds. The van der Waals surface area contributed by atoms with Crippen LogP contribution in [0.2, 0.25) is 0 Å². The molecule has 4 nitrogen and oxygen atoms in total. The molecule has 2 rings (SSSR count). The summed E-state index contributed by atoms with van der Waals surface area (Å²) in [4.78, 5) is 25.5. The number of para-hydroxylation sites is 1. The number of nitrogens with one attached hydrogen (secondary N) is 1. The smallest absolute Gasteiger partial charge is 0.240 e. The van der Waals surface area contributed by atoms with Gasteiger partial charge in [-0.05, 0) is 44.1 Å². The Labute approximate surface area is 136 Å². The van der Waals surface area contributed by atoms with E-state index in [-0.39, 0.29) is 23.1 Å². The number of hydrogen-bond donors (Lipinski definition) is 1. The summed E-state index contributed by atoms with van der Waals surface area (Å²) in [5, 5.41) is 2.71. The fraction of sp³-hybridized carbons (Fsp3) is 0.529. The fourth-order valence-corrected chi connectivity index (χ4v) is 3.69. The number of hydrogen-bond acceptors (Lipinski definition) is 3. The average molecular weight is 320 g/mol. The standard InChI is InChI=1S/C17H24N2O2S/c1-12-11-15-7-4-5-8-16(15)19(12)17(21)13(2)22-10-6-9-18-14(3)20/h4-5,7-8,12-13H,6,9-11H2,1-3H3,(H,18,20). The van der Waals surface area contributed by atoms with Crippen LogP contribution in [0.4, 0.5) is 5.69 Å². The molecule has 120 valence electrons. The van der Waals surface area contributed by atoms with Crippen molar-refractivity contribution >= 4 is 29.3 Å². The molecule has 0 spiro atoms. The number of anilines is 1. The second kappa shape index (κ2) is 7.68. The Balaban J connectivity index is 1.87. The van der Waals surface area contributed by atoms with Gasteiger partial charge in [0.25, 0.3) is 0 Å². The summed E-state index contributed by atoms with van der Waals surface area (Å²) < 4.78 is 0. The third-order valence-corrected chi connectivity index (χ3v) is 5.08. The summed E-state index contributed by atoms with van der Waals surface area (Å²) in [6, 6.07) is 8.38. The van der Waals surface area contributed by atoms with E-state index in [9.17, 15) is 9.59 Å². The molecule has 0 saturated heterocycles. The third-order valence-electron chi connectivity index (χ3n) is 3.86. The summed E-state index contributed by atoms with van der Waals surface area (Å²) in [7, 11) is 0. The number of nitrogens with zero attached hydrogens (tertiary/aromatic N) is 1. The van der Waals surface area contributed by atoms with Crippen LogP contribution in [0.1, 0.15) is 32.8 Å². The molecule has 0 fully saturated rings. The van der Waals surface area contributed by atoms with Gasteiger partial charge in [0.1, 0.15) is 0 Å². The first kappa shape index (κ1) is 16.9. The van der Waals surface area contributed by atoms with Gasteiger partial charge in [0.05, 0.1) is 5.25 Å².